The first-order chi connectivity index (χ1) is 12.4. The molecule has 0 fully saturated rings. The highest BCUT2D eigenvalue weighted by molar-refractivity contribution is 5.94. The molecule has 0 aliphatic rings. The largest absolute Gasteiger partial charge is 0.455 e. The van der Waals surface area contributed by atoms with E-state index in [-0.39, 0.29) is 24.0 Å². The topological polar surface area (TPSA) is 113 Å². The third-order valence-electron chi connectivity index (χ3n) is 4.38. The highest BCUT2D eigenvalue weighted by Gasteiger charge is 2.29. The third-order valence-corrected chi connectivity index (χ3v) is 4.38. The Morgan fingerprint density at radius 1 is 1.42 bits per heavy atom. The zero-order chi connectivity index (χ0) is 18.8. The number of nitrogens with zero attached hydrogens (tertiary/aromatic N) is 3. The van der Waals surface area contributed by atoms with Crippen LogP contribution in [0.2, 0.25) is 0 Å². The number of aromatic nitrogens is 3. The van der Waals surface area contributed by atoms with Crippen LogP contribution in [-0.2, 0) is 13.5 Å². The second kappa shape index (κ2) is 7.09. The van der Waals surface area contributed by atoms with Gasteiger partial charge in [-0.2, -0.15) is 0 Å². The van der Waals surface area contributed by atoms with Crippen LogP contribution in [0.1, 0.15) is 33.4 Å². The molecule has 1 amide bonds. The average molecular weight is 357 g/mol. The number of carbonyl (C=O) groups is 1. The fourth-order valence-corrected chi connectivity index (χ4v) is 3.22. The molecule has 7 nitrogen and oxygen atoms in total. The molecule has 0 saturated carbocycles. The van der Waals surface area contributed by atoms with Gasteiger partial charge in [0.05, 0.1) is 11.9 Å². The quantitative estimate of drug-likeness (QED) is 0.699. The van der Waals surface area contributed by atoms with Gasteiger partial charge in [-0.05, 0) is 37.6 Å². The number of furan rings is 1. The predicted octanol–water partition coefficient (Wildman–Crippen LogP) is 1.91. The molecule has 8 heteroatoms. The van der Waals surface area contributed by atoms with Crippen molar-refractivity contribution in [1.29, 1.82) is 0 Å². The molecule has 0 aliphatic carbocycles. The maximum Gasteiger partial charge on any atom is 0.284 e. The zero-order valence-electron chi connectivity index (χ0n) is 14.6. The SMILES string of the molecule is Cc1oc(C(N)=O)c([C@@H](CN)Cc2cccc(F)c2)c1-c1cnnn1C. The number of halogens is 1. The summed E-state index contributed by atoms with van der Waals surface area (Å²) in [6.07, 6.45) is 2.02. The number of primary amides is 1. The number of hydrogen-bond donors (Lipinski definition) is 2. The van der Waals surface area contributed by atoms with Gasteiger partial charge in [0.25, 0.3) is 5.91 Å². The summed E-state index contributed by atoms with van der Waals surface area (Å²) in [5.74, 6) is -0.709. The van der Waals surface area contributed by atoms with E-state index in [1.807, 2.05) is 6.07 Å². The van der Waals surface area contributed by atoms with Crippen LogP contribution >= 0.6 is 0 Å². The molecule has 3 aromatic rings. The van der Waals surface area contributed by atoms with Gasteiger partial charge < -0.3 is 15.9 Å². The first-order valence-electron chi connectivity index (χ1n) is 8.15. The minimum Gasteiger partial charge on any atom is -0.455 e. The third kappa shape index (κ3) is 3.23. The molecule has 0 bridgehead atoms. The molecule has 3 rings (SSSR count). The van der Waals surface area contributed by atoms with Gasteiger partial charge in [-0.3, -0.25) is 4.79 Å². The van der Waals surface area contributed by atoms with Crippen molar-refractivity contribution in [2.24, 2.45) is 18.5 Å². The van der Waals surface area contributed by atoms with Crippen LogP contribution in [0.3, 0.4) is 0 Å². The zero-order valence-corrected chi connectivity index (χ0v) is 14.6. The first kappa shape index (κ1) is 17.8. The molecule has 0 radical (unpaired) electrons. The number of aryl methyl sites for hydroxylation is 2. The molecular formula is C18H20FN5O2. The van der Waals surface area contributed by atoms with E-state index >= 15 is 0 Å². The lowest BCUT2D eigenvalue weighted by Crippen LogP contribution is -2.20. The minimum atomic E-state index is -0.679. The molecule has 136 valence electrons. The van der Waals surface area contributed by atoms with E-state index in [4.69, 9.17) is 15.9 Å². The Bertz CT molecular complexity index is 947. The van der Waals surface area contributed by atoms with E-state index in [0.717, 1.165) is 5.56 Å². The number of hydrogen-bond acceptors (Lipinski definition) is 5. The van der Waals surface area contributed by atoms with E-state index in [2.05, 4.69) is 10.3 Å². The van der Waals surface area contributed by atoms with Crippen LogP contribution in [0, 0.1) is 12.7 Å². The standard InChI is InChI=1S/C18H20FN5O2/c1-10-15(14-9-22-23-24(14)2)16(17(26-10)18(21)25)12(8-20)6-11-4-3-5-13(19)7-11/h3-5,7,9,12H,6,8,20H2,1-2H3,(H2,21,25)/t12-/m1/s1. The Labute approximate surface area is 149 Å². The molecule has 0 unspecified atom stereocenters. The van der Waals surface area contributed by atoms with Crippen molar-refractivity contribution in [1.82, 2.24) is 15.0 Å². The summed E-state index contributed by atoms with van der Waals surface area (Å²) in [5, 5.41) is 7.83. The summed E-state index contributed by atoms with van der Waals surface area (Å²) in [6.45, 7) is 1.97. The van der Waals surface area contributed by atoms with Crippen molar-refractivity contribution in [3.63, 3.8) is 0 Å². The smallest absolute Gasteiger partial charge is 0.284 e. The fraction of sp³-hybridized carbons (Fsp3) is 0.278. The van der Waals surface area contributed by atoms with Crippen molar-refractivity contribution in [3.05, 3.63) is 58.9 Å². The number of carbonyl (C=O) groups excluding carboxylic acids is 1. The van der Waals surface area contributed by atoms with E-state index in [1.54, 1.807) is 30.9 Å². The van der Waals surface area contributed by atoms with Gasteiger partial charge in [0.15, 0.2) is 5.76 Å². The maximum atomic E-state index is 13.5. The van der Waals surface area contributed by atoms with Gasteiger partial charge in [0.2, 0.25) is 0 Å². The Hall–Kier alpha value is -3.00. The lowest BCUT2D eigenvalue weighted by Gasteiger charge is -2.17. The van der Waals surface area contributed by atoms with Gasteiger partial charge in [-0.25, -0.2) is 9.07 Å². The molecule has 2 heterocycles. The lowest BCUT2D eigenvalue weighted by atomic mass is 9.87. The van der Waals surface area contributed by atoms with Crippen molar-refractivity contribution < 1.29 is 13.6 Å². The van der Waals surface area contributed by atoms with E-state index in [9.17, 15) is 9.18 Å². The van der Waals surface area contributed by atoms with E-state index < -0.39 is 5.91 Å². The Kier molecular flexibility index (Phi) is 4.85. The summed E-state index contributed by atoms with van der Waals surface area (Å²) in [6, 6.07) is 6.28. The first-order valence-corrected chi connectivity index (χ1v) is 8.15. The van der Waals surface area contributed by atoms with Crippen molar-refractivity contribution in [2.75, 3.05) is 6.54 Å². The Balaban J connectivity index is 2.14. The summed E-state index contributed by atoms with van der Waals surface area (Å²) >= 11 is 0. The molecule has 0 spiro atoms. The molecule has 0 aliphatic heterocycles. The highest BCUT2D eigenvalue weighted by Crippen LogP contribution is 2.37. The van der Waals surface area contributed by atoms with Crippen molar-refractivity contribution >= 4 is 5.91 Å². The van der Waals surface area contributed by atoms with Gasteiger partial charge in [-0.15, -0.1) is 5.10 Å². The van der Waals surface area contributed by atoms with Crippen LogP contribution in [0.25, 0.3) is 11.3 Å². The Morgan fingerprint density at radius 3 is 2.77 bits per heavy atom. The summed E-state index contributed by atoms with van der Waals surface area (Å²) in [5.41, 5.74) is 14.3. The summed E-state index contributed by atoms with van der Waals surface area (Å²) in [4.78, 5) is 12.0. The van der Waals surface area contributed by atoms with Gasteiger partial charge >= 0.3 is 0 Å². The molecule has 4 N–H and O–H groups in total. The van der Waals surface area contributed by atoms with Crippen LogP contribution in [0.5, 0.6) is 0 Å². The number of amides is 1. The normalized spacial score (nSPS) is 12.3. The van der Waals surface area contributed by atoms with Crippen LogP contribution in [0.4, 0.5) is 4.39 Å². The summed E-state index contributed by atoms with van der Waals surface area (Å²) in [7, 11) is 1.74. The molecule has 1 aromatic carbocycles. The van der Waals surface area contributed by atoms with E-state index in [1.165, 1.54) is 12.1 Å². The van der Waals surface area contributed by atoms with Crippen LogP contribution in [0.15, 0.2) is 34.9 Å². The van der Waals surface area contributed by atoms with E-state index in [0.29, 0.717) is 29.0 Å². The van der Waals surface area contributed by atoms with Crippen LogP contribution < -0.4 is 11.5 Å². The number of nitrogens with two attached hydrogens (primary N) is 2. The highest BCUT2D eigenvalue weighted by atomic mass is 19.1. The summed E-state index contributed by atoms with van der Waals surface area (Å²) < 4.78 is 20.8. The molecule has 1 atom stereocenters. The number of rotatable bonds is 6. The van der Waals surface area contributed by atoms with Crippen molar-refractivity contribution in [3.8, 4) is 11.3 Å². The maximum absolute atomic E-state index is 13.5. The molecule has 26 heavy (non-hydrogen) atoms. The molecular weight excluding hydrogens is 337 g/mol. The van der Waals surface area contributed by atoms with Gasteiger partial charge in [0, 0.05) is 24.1 Å². The van der Waals surface area contributed by atoms with Gasteiger partial charge in [-0.1, -0.05) is 17.3 Å². The second-order valence-corrected chi connectivity index (χ2v) is 6.15. The number of benzene rings is 1. The van der Waals surface area contributed by atoms with Crippen LogP contribution in [-0.4, -0.2) is 27.4 Å². The van der Waals surface area contributed by atoms with Crippen molar-refractivity contribution in [2.45, 2.75) is 19.3 Å². The monoisotopic (exact) mass is 357 g/mol. The molecule has 0 saturated heterocycles. The molecule has 2 aromatic heterocycles. The minimum absolute atomic E-state index is 0.0607. The average Bonchev–Trinajstić information content (AvgIpc) is 3.15. The Morgan fingerprint density at radius 2 is 2.19 bits per heavy atom. The lowest BCUT2D eigenvalue weighted by molar-refractivity contribution is 0.0970. The predicted molar refractivity (Wildman–Crippen MR) is 93.9 cm³/mol. The second-order valence-electron chi connectivity index (χ2n) is 6.15. The van der Waals surface area contributed by atoms with Gasteiger partial charge in [0.1, 0.15) is 11.6 Å². The fourth-order valence-electron chi connectivity index (χ4n) is 3.22.